The molecule has 1 heterocycles. The van der Waals surface area contributed by atoms with Gasteiger partial charge in [0.15, 0.2) is 5.16 Å². The van der Waals surface area contributed by atoms with E-state index in [0.717, 1.165) is 16.5 Å². The van der Waals surface area contributed by atoms with Crippen LogP contribution >= 0.6 is 11.8 Å². The molecule has 6 nitrogen and oxygen atoms in total. The third-order valence-electron chi connectivity index (χ3n) is 3.92. The summed E-state index contributed by atoms with van der Waals surface area (Å²) >= 11 is 1.55. The topological polar surface area (TPSA) is 73.8 Å². The molecule has 0 aliphatic rings. The molecule has 0 N–H and O–H groups in total. The van der Waals surface area contributed by atoms with Crippen molar-refractivity contribution in [2.24, 2.45) is 0 Å². The van der Waals surface area contributed by atoms with E-state index in [2.05, 4.69) is 26.9 Å². The number of thioether (sulfide) groups is 1. The summed E-state index contributed by atoms with van der Waals surface area (Å²) in [6.07, 6.45) is 0. The van der Waals surface area contributed by atoms with Crippen molar-refractivity contribution in [2.75, 3.05) is 0 Å². The fraction of sp³-hybridized carbons (Fsp3) is 0.222. The Kier molecular flexibility index (Phi) is 5.14. The van der Waals surface area contributed by atoms with Gasteiger partial charge in [-0.15, -0.1) is 10.2 Å². The van der Waals surface area contributed by atoms with Gasteiger partial charge in [-0.3, -0.25) is 10.1 Å². The maximum atomic E-state index is 11.0. The molecule has 0 amide bonds. The third-order valence-corrected chi connectivity index (χ3v) is 5.06. The van der Waals surface area contributed by atoms with Crippen LogP contribution in [0, 0.1) is 17.0 Å². The second-order valence-electron chi connectivity index (χ2n) is 5.71. The first-order valence-corrected chi connectivity index (χ1v) is 8.77. The van der Waals surface area contributed by atoms with Gasteiger partial charge >= 0.3 is 0 Å². The highest BCUT2D eigenvalue weighted by Crippen LogP contribution is 2.35. The molecule has 0 aliphatic heterocycles. The van der Waals surface area contributed by atoms with E-state index in [1.807, 2.05) is 38.1 Å². The first-order valence-electron chi connectivity index (χ1n) is 7.89. The van der Waals surface area contributed by atoms with Crippen molar-refractivity contribution in [3.8, 4) is 0 Å². The van der Waals surface area contributed by atoms with Gasteiger partial charge in [-0.1, -0.05) is 54.2 Å². The average molecular weight is 354 g/mol. The molecule has 1 atom stereocenters. The quantitative estimate of drug-likeness (QED) is 0.373. The molecule has 128 valence electrons. The maximum absolute atomic E-state index is 11.0. The fourth-order valence-corrected chi connectivity index (χ4v) is 3.52. The van der Waals surface area contributed by atoms with Crippen molar-refractivity contribution in [2.45, 2.75) is 30.8 Å². The largest absolute Gasteiger partial charge is 0.302 e. The zero-order valence-electron chi connectivity index (χ0n) is 14.0. The number of hydrogen-bond acceptors (Lipinski definition) is 5. The molecule has 0 aliphatic carbocycles. The zero-order valence-corrected chi connectivity index (χ0v) is 14.8. The van der Waals surface area contributed by atoms with Crippen molar-refractivity contribution in [3.05, 3.63) is 81.7 Å². The van der Waals surface area contributed by atoms with Crippen molar-refractivity contribution in [1.29, 1.82) is 0 Å². The number of nitro groups is 1. The number of rotatable bonds is 6. The molecule has 0 unspecified atom stereocenters. The SMILES string of the molecule is Cc1nnc(S[C@@H](C)c2cccc([N+](=O)[O-])c2)n1Cc1ccccc1. The molecule has 25 heavy (non-hydrogen) atoms. The van der Waals surface area contributed by atoms with Gasteiger partial charge in [0.2, 0.25) is 0 Å². The molecular formula is C18H18N4O2S. The Bertz CT molecular complexity index is 880. The molecule has 2 aromatic carbocycles. The highest BCUT2D eigenvalue weighted by molar-refractivity contribution is 7.99. The fourth-order valence-electron chi connectivity index (χ4n) is 2.51. The Balaban J connectivity index is 1.81. The van der Waals surface area contributed by atoms with E-state index >= 15 is 0 Å². The van der Waals surface area contributed by atoms with Crippen LogP contribution < -0.4 is 0 Å². The monoisotopic (exact) mass is 354 g/mol. The number of non-ortho nitro benzene ring substituents is 1. The van der Waals surface area contributed by atoms with Crippen LogP contribution in [-0.2, 0) is 6.54 Å². The predicted molar refractivity (Wildman–Crippen MR) is 97.7 cm³/mol. The van der Waals surface area contributed by atoms with E-state index in [1.54, 1.807) is 23.9 Å². The van der Waals surface area contributed by atoms with Crippen LogP contribution in [0.2, 0.25) is 0 Å². The van der Waals surface area contributed by atoms with Crippen LogP contribution in [0.25, 0.3) is 0 Å². The lowest BCUT2D eigenvalue weighted by Gasteiger charge is -2.13. The molecule has 0 radical (unpaired) electrons. The molecule has 3 aromatic rings. The normalized spacial score (nSPS) is 12.1. The smallest absolute Gasteiger partial charge is 0.269 e. The Morgan fingerprint density at radius 3 is 2.64 bits per heavy atom. The summed E-state index contributed by atoms with van der Waals surface area (Å²) in [6.45, 7) is 4.64. The second kappa shape index (κ2) is 7.48. The molecular weight excluding hydrogens is 336 g/mol. The zero-order chi connectivity index (χ0) is 17.8. The first kappa shape index (κ1) is 17.2. The molecule has 7 heteroatoms. The van der Waals surface area contributed by atoms with Gasteiger partial charge in [-0.2, -0.15) is 0 Å². The van der Waals surface area contributed by atoms with Gasteiger partial charge in [0.25, 0.3) is 5.69 Å². The van der Waals surface area contributed by atoms with Crippen molar-refractivity contribution < 1.29 is 4.92 Å². The minimum atomic E-state index is -0.372. The summed E-state index contributed by atoms with van der Waals surface area (Å²) < 4.78 is 2.06. The van der Waals surface area contributed by atoms with Crippen molar-refractivity contribution in [3.63, 3.8) is 0 Å². The summed E-state index contributed by atoms with van der Waals surface area (Å²) in [6, 6.07) is 16.9. The molecule has 0 saturated carbocycles. The lowest BCUT2D eigenvalue weighted by Crippen LogP contribution is -2.04. The van der Waals surface area contributed by atoms with E-state index in [0.29, 0.717) is 6.54 Å². The van der Waals surface area contributed by atoms with Crippen LogP contribution in [0.15, 0.2) is 59.8 Å². The van der Waals surface area contributed by atoms with Gasteiger partial charge < -0.3 is 4.57 Å². The summed E-state index contributed by atoms with van der Waals surface area (Å²) in [5.41, 5.74) is 2.17. The summed E-state index contributed by atoms with van der Waals surface area (Å²) in [5, 5.41) is 20.3. The Hall–Kier alpha value is -2.67. The number of aromatic nitrogens is 3. The molecule has 0 bridgehead atoms. The number of nitro benzene ring substituents is 1. The van der Waals surface area contributed by atoms with E-state index in [1.165, 1.54) is 11.6 Å². The van der Waals surface area contributed by atoms with Crippen LogP contribution in [-0.4, -0.2) is 19.7 Å². The van der Waals surface area contributed by atoms with Gasteiger partial charge in [0.05, 0.1) is 11.5 Å². The minimum Gasteiger partial charge on any atom is -0.302 e. The van der Waals surface area contributed by atoms with Crippen LogP contribution in [0.3, 0.4) is 0 Å². The molecule has 0 spiro atoms. The third kappa shape index (κ3) is 4.06. The van der Waals surface area contributed by atoms with E-state index in [-0.39, 0.29) is 15.9 Å². The molecule has 0 saturated heterocycles. The highest BCUT2D eigenvalue weighted by Gasteiger charge is 2.17. The van der Waals surface area contributed by atoms with E-state index in [4.69, 9.17) is 0 Å². The Labute approximate surface area is 150 Å². The lowest BCUT2D eigenvalue weighted by molar-refractivity contribution is -0.384. The van der Waals surface area contributed by atoms with Crippen LogP contribution in [0.1, 0.15) is 29.1 Å². The van der Waals surface area contributed by atoms with Gasteiger partial charge in [-0.05, 0) is 25.0 Å². The second-order valence-corrected chi connectivity index (χ2v) is 7.02. The number of nitrogens with zero attached hydrogens (tertiary/aromatic N) is 4. The van der Waals surface area contributed by atoms with Gasteiger partial charge in [0, 0.05) is 17.4 Å². The predicted octanol–water partition coefficient (Wildman–Crippen LogP) is 4.40. The Morgan fingerprint density at radius 2 is 1.92 bits per heavy atom. The summed E-state index contributed by atoms with van der Waals surface area (Å²) in [7, 11) is 0. The summed E-state index contributed by atoms with van der Waals surface area (Å²) in [4.78, 5) is 10.6. The van der Waals surface area contributed by atoms with E-state index in [9.17, 15) is 10.1 Å². The standard InChI is InChI=1S/C18H18N4O2S/c1-13(16-9-6-10-17(11-16)22(23)24)25-18-20-19-14(2)21(18)12-15-7-4-3-5-8-15/h3-11,13H,12H2,1-2H3/t13-/m0/s1. The van der Waals surface area contributed by atoms with Crippen molar-refractivity contribution >= 4 is 17.4 Å². The minimum absolute atomic E-state index is 0.0259. The van der Waals surface area contributed by atoms with Gasteiger partial charge in [-0.25, -0.2) is 0 Å². The number of benzene rings is 2. The maximum Gasteiger partial charge on any atom is 0.269 e. The number of aryl methyl sites for hydroxylation is 1. The van der Waals surface area contributed by atoms with E-state index < -0.39 is 0 Å². The molecule has 0 fully saturated rings. The van der Waals surface area contributed by atoms with Gasteiger partial charge in [0.1, 0.15) is 5.82 Å². The lowest BCUT2D eigenvalue weighted by atomic mass is 10.1. The molecule has 1 aromatic heterocycles. The summed E-state index contributed by atoms with van der Waals surface area (Å²) in [5.74, 6) is 0.845. The molecule has 3 rings (SSSR count). The Morgan fingerprint density at radius 1 is 1.16 bits per heavy atom. The number of hydrogen-bond donors (Lipinski definition) is 0. The first-order chi connectivity index (χ1) is 12.0. The van der Waals surface area contributed by atoms with Crippen molar-refractivity contribution in [1.82, 2.24) is 14.8 Å². The average Bonchev–Trinajstić information content (AvgIpc) is 2.96. The van der Waals surface area contributed by atoms with Crippen LogP contribution in [0.4, 0.5) is 5.69 Å². The highest BCUT2D eigenvalue weighted by atomic mass is 32.2. The van der Waals surface area contributed by atoms with Crippen LogP contribution in [0.5, 0.6) is 0 Å².